The lowest BCUT2D eigenvalue weighted by molar-refractivity contribution is -0.0378. The van der Waals surface area contributed by atoms with E-state index < -0.39 is 0 Å². The lowest BCUT2D eigenvalue weighted by Crippen LogP contribution is -2.38. The molecule has 0 aromatic rings. The maximum atomic E-state index is 6.29. The fourth-order valence-electron chi connectivity index (χ4n) is 3.59. The quantitative estimate of drug-likeness (QED) is 0.601. The lowest BCUT2D eigenvalue weighted by atomic mass is 9.75. The number of hydrogen-bond acceptors (Lipinski definition) is 2. The summed E-state index contributed by atoms with van der Waals surface area (Å²) in [5.41, 5.74) is 0.524. The molecule has 0 saturated carbocycles. The van der Waals surface area contributed by atoms with Gasteiger partial charge in [0.25, 0.3) is 0 Å². The van der Waals surface area contributed by atoms with E-state index in [1.165, 1.54) is 44.9 Å². The van der Waals surface area contributed by atoms with Gasteiger partial charge in [0.1, 0.15) is 0 Å². The van der Waals surface area contributed by atoms with Crippen LogP contribution in [0.3, 0.4) is 0 Å². The first-order valence-corrected chi connectivity index (χ1v) is 9.21. The second-order valence-corrected chi connectivity index (χ2v) is 8.22. The third-order valence-electron chi connectivity index (χ3n) is 5.08. The van der Waals surface area contributed by atoms with Gasteiger partial charge in [-0.25, -0.2) is 0 Å². The maximum absolute atomic E-state index is 6.29. The van der Waals surface area contributed by atoms with Gasteiger partial charge < -0.3 is 10.1 Å². The molecular formula is C19H39NO. The minimum absolute atomic E-state index is 0.0975. The fraction of sp³-hybridized carbons (Fsp3) is 1.00. The Balaban J connectivity index is 2.61. The molecule has 1 heterocycles. The summed E-state index contributed by atoms with van der Waals surface area (Å²) in [6, 6.07) is 0. The van der Waals surface area contributed by atoms with Crippen molar-refractivity contribution in [3.63, 3.8) is 0 Å². The molecule has 2 unspecified atom stereocenters. The van der Waals surface area contributed by atoms with Crippen molar-refractivity contribution in [1.29, 1.82) is 0 Å². The summed E-state index contributed by atoms with van der Waals surface area (Å²) in [4.78, 5) is 0. The molecule has 1 aliphatic heterocycles. The molecule has 1 saturated heterocycles. The van der Waals surface area contributed by atoms with Crippen molar-refractivity contribution in [2.45, 2.75) is 98.2 Å². The standard InChI is InChI=1S/C19H39NO/c1-7-9-11-19(8-2,15-20-14-16(3)4)13-17-10-12-18(5,6)21-17/h16-17,20H,7-15H2,1-6H3. The molecule has 0 aromatic carbocycles. The van der Waals surface area contributed by atoms with Crippen molar-refractivity contribution < 1.29 is 4.74 Å². The van der Waals surface area contributed by atoms with Gasteiger partial charge in [-0.1, -0.05) is 40.5 Å². The summed E-state index contributed by atoms with van der Waals surface area (Å²) in [5.74, 6) is 0.729. The van der Waals surface area contributed by atoms with E-state index in [1.54, 1.807) is 0 Å². The Kier molecular flexibility index (Phi) is 7.70. The minimum Gasteiger partial charge on any atom is -0.372 e. The summed E-state index contributed by atoms with van der Waals surface area (Å²) in [5, 5.41) is 3.72. The van der Waals surface area contributed by atoms with E-state index in [1.807, 2.05) is 0 Å². The average Bonchev–Trinajstić information content (AvgIpc) is 2.74. The van der Waals surface area contributed by atoms with Gasteiger partial charge >= 0.3 is 0 Å². The molecule has 1 aliphatic rings. The number of unbranched alkanes of at least 4 members (excludes halogenated alkanes) is 1. The summed E-state index contributed by atoms with van der Waals surface area (Å²) in [6.45, 7) is 16.0. The van der Waals surface area contributed by atoms with E-state index in [-0.39, 0.29) is 5.60 Å². The fourth-order valence-corrected chi connectivity index (χ4v) is 3.59. The first-order chi connectivity index (χ1) is 9.82. The van der Waals surface area contributed by atoms with Crippen molar-refractivity contribution in [1.82, 2.24) is 5.32 Å². The molecule has 2 heteroatoms. The van der Waals surface area contributed by atoms with Crippen molar-refractivity contribution in [3.05, 3.63) is 0 Å². The minimum atomic E-state index is 0.0975. The Bertz CT molecular complexity index is 287. The van der Waals surface area contributed by atoms with E-state index in [0.717, 1.165) is 19.0 Å². The summed E-state index contributed by atoms with van der Waals surface area (Å²) in [7, 11) is 0. The Labute approximate surface area is 133 Å². The normalized spacial score (nSPS) is 24.4. The zero-order valence-corrected chi connectivity index (χ0v) is 15.4. The second-order valence-electron chi connectivity index (χ2n) is 8.22. The Hall–Kier alpha value is -0.0800. The Morgan fingerprint density at radius 2 is 2.00 bits per heavy atom. The van der Waals surface area contributed by atoms with Crippen LogP contribution in [0, 0.1) is 11.3 Å². The highest BCUT2D eigenvalue weighted by atomic mass is 16.5. The molecule has 0 radical (unpaired) electrons. The largest absolute Gasteiger partial charge is 0.372 e. The van der Waals surface area contributed by atoms with Crippen LogP contribution in [0.4, 0.5) is 0 Å². The molecule has 0 amide bonds. The van der Waals surface area contributed by atoms with Crippen LogP contribution in [0.2, 0.25) is 0 Å². The van der Waals surface area contributed by atoms with E-state index >= 15 is 0 Å². The van der Waals surface area contributed by atoms with E-state index in [2.05, 4.69) is 46.9 Å². The summed E-state index contributed by atoms with van der Waals surface area (Å²) < 4.78 is 6.29. The average molecular weight is 298 g/mol. The summed E-state index contributed by atoms with van der Waals surface area (Å²) >= 11 is 0. The first kappa shape index (κ1) is 19.0. The highest BCUT2D eigenvalue weighted by molar-refractivity contribution is 4.89. The van der Waals surface area contributed by atoms with Gasteiger partial charge in [0.2, 0.25) is 0 Å². The number of ether oxygens (including phenoxy) is 1. The molecule has 1 fully saturated rings. The highest BCUT2D eigenvalue weighted by Gasteiger charge is 2.37. The predicted molar refractivity (Wildman–Crippen MR) is 92.8 cm³/mol. The smallest absolute Gasteiger partial charge is 0.0631 e. The molecule has 2 nitrogen and oxygen atoms in total. The van der Waals surface area contributed by atoms with E-state index in [0.29, 0.717) is 11.5 Å². The van der Waals surface area contributed by atoms with Crippen molar-refractivity contribution in [2.24, 2.45) is 11.3 Å². The molecule has 0 aliphatic carbocycles. The van der Waals surface area contributed by atoms with Crippen molar-refractivity contribution in [3.8, 4) is 0 Å². The molecule has 0 bridgehead atoms. The van der Waals surface area contributed by atoms with Crippen molar-refractivity contribution in [2.75, 3.05) is 13.1 Å². The predicted octanol–water partition coefficient (Wildman–Crippen LogP) is 5.17. The van der Waals surface area contributed by atoms with Gasteiger partial charge in [0, 0.05) is 6.54 Å². The molecule has 1 N–H and O–H groups in total. The zero-order chi connectivity index (χ0) is 15.9. The van der Waals surface area contributed by atoms with Crippen LogP contribution in [0.15, 0.2) is 0 Å². The molecule has 126 valence electrons. The molecule has 1 rings (SSSR count). The third-order valence-corrected chi connectivity index (χ3v) is 5.08. The SMILES string of the molecule is CCCCC(CC)(CNCC(C)C)CC1CCC(C)(C)O1. The van der Waals surface area contributed by atoms with Gasteiger partial charge in [0.05, 0.1) is 11.7 Å². The second kappa shape index (κ2) is 8.53. The van der Waals surface area contributed by atoms with Crippen LogP contribution in [0.1, 0.15) is 86.5 Å². The lowest BCUT2D eigenvalue weighted by Gasteiger charge is -2.36. The van der Waals surface area contributed by atoms with Crippen LogP contribution < -0.4 is 5.32 Å². The number of nitrogens with one attached hydrogen (secondary N) is 1. The third kappa shape index (κ3) is 6.69. The molecule has 21 heavy (non-hydrogen) atoms. The topological polar surface area (TPSA) is 21.3 Å². The Morgan fingerprint density at radius 3 is 2.48 bits per heavy atom. The maximum Gasteiger partial charge on any atom is 0.0631 e. The highest BCUT2D eigenvalue weighted by Crippen LogP contribution is 2.40. The number of rotatable bonds is 10. The van der Waals surface area contributed by atoms with Gasteiger partial charge in [-0.05, 0) is 63.8 Å². The number of hydrogen-bond donors (Lipinski definition) is 1. The van der Waals surface area contributed by atoms with E-state index in [9.17, 15) is 0 Å². The van der Waals surface area contributed by atoms with E-state index in [4.69, 9.17) is 4.74 Å². The summed E-state index contributed by atoms with van der Waals surface area (Å²) in [6.07, 6.45) is 9.39. The molecule has 2 atom stereocenters. The Morgan fingerprint density at radius 1 is 1.29 bits per heavy atom. The van der Waals surface area contributed by atoms with Crippen LogP contribution >= 0.6 is 0 Å². The van der Waals surface area contributed by atoms with Crippen LogP contribution in [-0.4, -0.2) is 24.8 Å². The molecular weight excluding hydrogens is 258 g/mol. The van der Waals surface area contributed by atoms with Gasteiger partial charge in [-0.3, -0.25) is 0 Å². The van der Waals surface area contributed by atoms with Crippen LogP contribution in [0.25, 0.3) is 0 Å². The molecule has 0 aromatic heterocycles. The van der Waals surface area contributed by atoms with Crippen LogP contribution in [0.5, 0.6) is 0 Å². The monoisotopic (exact) mass is 297 g/mol. The van der Waals surface area contributed by atoms with Crippen molar-refractivity contribution >= 4 is 0 Å². The van der Waals surface area contributed by atoms with Crippen LogP contribution in [-0.2, 0) is 4.74 Å². The molecule has 0 spiro atoms. The van der Waals surface area contributed by atoms with Gasteiger partial charge in [0.15, 0.2) is 0 Å². The zero-order valence-electron chi connectivity index (χ0n) is 15.4. The van der Waals surface area contributed by atoms with Gasteiger partial charge in [-0.15, -0.1) is 0 Å². The first-order valence-electron chi connectivity index (χ1n) is 9.21. The van der Waals surface area contributed by atoms with Gasteiger partial charge in [-0.2, -0.15) is 0 Å².